The first-order chi connectivity index (χ1) is 13.0. The van der Waals surface area contributed by atoms with Gasteiger partial charge in [-0.2, -0.15) is 15.0 Å². The van der Waals surface area contributed by atoms with Crippen LogP contribution in [0.3, 0.4) is 0 Å². The molecule has 9 nitrogen and oxygen atoms in total. The number of amides is 2. The number of aryl methyl sites for hydroxylation is 1. The fourth-order valence-corrected chi connectivity index (χ4v) is 3.12. The van der Waals surface area contributed by atoms with Gasteiger partial charge in [0, 0.05) is 6.92 Å². The van der Waals surface area contributed by atoms with E-state index in [-0.39, 0.29) is 28.2 Å². The van der Waals surface area contributed by atoms with Crippen LogP contribution in [0.5, 0.6) is 6.01 Å². The van der Waals surface area contributed by atoms with Gasteiger partial charge in [-0.05, 0) is 24.6 Å². The summed E-state index contributed by atoms with van der Waals surface area (Å²) in [5.41, 5.74) is -0.0120. The molecule has 0 fully saturated rings. The Labute approximate surface area is 159 Å². The Hall–Kier alpha value is -3.15. The molecule has 12 heteroatoms. The topological polar surface area (TPSA) is 123 Å². The van der Waals surface area contributed by atoms with Crippen LogP contribution in [0.15, 0.2) is 35.2 Å². The molecular weight excluding hydrogens is 396 g/mol. The molecule has 1 aromatic heterocycles. The van der Waals surface area contributed by atoms with Crippen LogP contribution in [0.4, 0.5) is 19.5 Å². The van der Waals surface area contributed by atoms with Crippen molar-refractivity contribution in [2.75, 3.05) is 12.4 Å². The summed E-state index contributed by atoms with van der Waals surface area (Å²) in [7, 11) is -3.05. The number of hydrogen-bond acceptors (Lipinski definition) is 7. The number of carbonyl (C=O) groups is 1. The number of hydrogen-bond donors (Lipinski definition) is 2. The van der Waals surface area contributed by atoms with E-state index in [2.05, 4.69) is 20.3 Å². The molecule has 0 saturated carbocycles. The third kappa shape index (κ3) is 5.94. The van der Waals surface area contributed by atoms with Crippen molar-refractivity contribution in [2.24, 2.45) is 0 Å². The maximum absolute atomic E-state index is 13.0. The Morgan fingerprint density at radius 3 is 2.54 bits per heavy atom. The van der Waals surface area contributed by atoms with Crippen LogP contribution >= 0.6 is 0 Å². The normalized spacial score (nSPS) is 12.0. The van der Waals surface area contributed by atoms with Crippen molar-refractivity contribution in [3.05, 3.63) is 41.7 Å². The molecule has 0 aliphatic carbocycles. The molecule has 0 atom stereocenters. The van der Waals surface area contributed by atoms with Crippen LogP contribution in [-0.2, 0) is 10.0 Å². The monoisotopic (exact) mass is 413 g/mol. The highest BCUT2D eigenvalue weighted by molar-refractivity contribution is 7.90. The number of benzene rings is 1. The highest BCUT2D eigenvalue weighted by atomic mass is 32.2. The van der Waals surface area contributed by atoms with Crippen LogP contribution in [-0.4, -0.2) is 42.4 Å². The zero-order valence-corrected chi connectivity index (χ0v) is 15.9. The molecule has 150 valence electrons. The molecule has 2 amide bonds. The van der Waals surface area contributed by atoms with E-state index in [1.165, 1.54) is 38.3 Å². The maximum atomic E-state index is 13.0. The first kappa shape index (κ1) is 21.2. The fourth-order valence-electron chi connectivity index (χ4n) is 2.01. The molecule has 1 heterocycles. The Morgan fingerprint density at radius 2 is 1.89 bits per heavy atom. The number of carbonyl (C=O) groups excluding carboxylic acids is 1. The molecule has 0 radical (unpaired) electrons. The van der Waals surface area contributed by atoms with Gasteiger partial charge in [0.05, 0.1) is 12.0 Å². The van der Waals surface area contributed by atoms with Crippen molar-refractivity contribution in [3.8, 4) is 6.01 Å². The van der Waals surface area contributed by atoms with E-state index in [0.717, 1.165) is 6.08 Å². The lowest BCUT2D eigenvalue weighted by molar-refractivity contribution is 0.0784. The van der Waals surface area contributed by atoms with Crippen LogP contribution in [0.2, 0.25) is 0 Å². The van der Waals surface area contributed by atoms with E-state index in [0.29, 0.717) is 13.0 Å². The standard InChI is InChI=1S/C16H17F2N5O4S/c1-10-19-13(22-15(20-10)27-3)21-14(24)23-28(25,26)12-7-5-4-6-11(12)8-9-16(2,17)18/h4-9H,1-3H3,(H2,19,20,21,22,23,24)/b9-8+. The Balaban J connectivity index is 2.23. The van der Waals surface area contributed by atoms with Crippen LogP contribution < -0.4 is 14.8 Å². The van der Waals surface area contributed by atoms with E-state index >= 15 is 0 Å². The minimum Gasteiger partial charge on any atom is -0.467 e. The van der Waals surface area contributed by atoms with Gasteiger partial charge in [-0.3, -0.25) is 5.32 Å². The van der Waals surface area contributed by atoms with Crippen LogP contribution in [0, 0.1) is 6.92 Å². The molecule has 0 spiro atoms. The van der Waals surface area contributed by atoms with Gasteiger partial charge in [-0.1, -0.05) is 24.3 Å². The summed E-state index contributed by atoms with van der Waals surface area (Å²) in [6.07, 6.45) is 1.52. The second kappa shape index (κ2) is 8.25. The number of nitrogens with zero attached hydrogens (tertiary/aromatic N) is 3. The van der Waals surface area contributed by atoms with Gasteiger partial charge in [-0.15, -0.1) is 0 Å². The van der Waals surface area contributed by atoms with E-state index in [1.54, 1.807) is 4.72 Å². The van der Waals surface area contributed by atoms with Crippen molar-refractivity contribution in [1.29, 1.82) is 0 Å². The quantitative estimate of drug-likeness (QED) is 0.745. The highest BCUT2D eigenvalue weighted by Crippen LogP contribution is 2.21. The Kier molecular flexibility index (Phi) is 6.23. The number of halogens is 2. The molecule has 0 saturated heterocycles. The Bertz CT molecular complexity index is 1010. The highest BCUT2D eigenvalue weighted by Gasteiger charge is 2.22. The van der Waals surface area contributed by atoms with Crippen LogP contribution in [0.1, 0.15) is 18.3 Å². The zero-order chi connectivity index (χ0) is 20.9. The number of rotatable bonds is 6. The number of anilines is 1. The molecule has 0 bridgehead atoms. The minimum atomic E-state index is -4.36. The first-order valence-corrected chi connectivity index (χ1v) is 9.25. The molecule has 2 rings (SSSR count). The van der Waals surface area contributed by atoms with Gasteiger partial charge in [-0.25, -0.2) is 26.7 Å². The summed E-state index contributed by atoms with van der Waals surface area (Å²) in [5.74, 6) is -3.12. The number of ether oxygens (including phenoxy) is 1. The lowest BCUT2D eigenvalue weighted by Gasteiger charge is -2.11. The second-order valence-corrected chi connectivity index (χ2v) is 7.23. The van der Waals surface area contributed by atoms with E-state index < -0.39 is 22.0 Å². The van der Waals surface area contributed by atoms with Gasteiger partial charge in [0.25, 0.3) is 15.9 Å². The second-order valence-electron chi connectivity index (χ2n) is 5.58. The third-order valence-corrected chi connectivity index (χ3v) is 4.53. The largest absolute Gasteiger partial charge is 0.467 e. The van der Waals surface area contributed by atoms with Gasteiger partial charge in [0.2, 0.25) is 5.95 Å². The molecule has 0 aliphatic rings. The summed E-state index contributed by atoms with van der Waals surface area (Å²) in [6.45, 7) is 2.19. The predicted molar refractivity (Wildman–Crippen MR) is 96.6 cm³/mol. The predicted octanol–water partition coefficient (Wildman–Crippen LogP) is 2.37. The molecule has 2 N–H and O–H groups in total. The Morgan fingerprint density at radius 1 is 1.21 bits per heavy atom. The molecule has 0 aliphatic heterocycles. The lowest BCUT2D eigenvalue weighted by atomic mass is 10.2. The summed E-state index contributed by atoms with van der Waals surface area (Å²) in [6, 6.07) is 4.17. The summed E-state index contributed by atoms with van der Waals surface area (Å²) in [4.78, 5) is 23.1. The third-order valence-electron chi connectivity index (χ3n) is 3.13. The minimum absolute atomic E-state index is 0.0120. The van der Waals surface area contributed by atoms with Crippen molar-refractivity contribution < 1.29 is 26.7 Å². The first-order valence-electron chi connectivity index (χ1n) is 7.77. The molecule has 1 aromatic carbocycles. The summed E-state index contributed by atoms with van der Waals surface area (Å²) in [5, 5.41) is 2.15. The number of allylic oxidation sites excluding steroid dienone is 1. The summed E-state index contributed by atoms with van der Waals surface area (Å²) >= 11 is 0. The lowest BCUT2D eigenvalue weighted by Crippen LogP contribution is -2.35. The van der Waals surface area contributed by atoms with E-state index in [1.807, 2.05) is 0 Å². The van der Waals surface area contributed by atoms with Crippen molar-refractivity contribution >= 4 is 28.1 Å². The molecular formula is C16H17F2N5O4S. The van der Waals surface area contributed by atoms with Crippen molar-refractivity contribution in [1.82, 2.24) is 19.7 Å². The van der Waals surface area contributed by atoms with Gasteiger partial charge >= 0.3 is 12.0 Å². The zero-order valence-electron chi connectivity index (χ0n) is 15.1. The van der Waals surface area contributed by atoms with E-state index in [9.17, 15) is 22.0 Å². The number of alkyl halides is 2. The van der Waals surface area contributed by atoms with Crippen LogP contribution in [0.25, 0.3) is 6.08 Å². The SMILES string of the molecule is COc1nc(C)nc(NC(=O)NS(=O)(=O)c2ccccc2/C=C/C(C)(F)F)n1. The van der Waals surface area contributed by atoms with Crippen molar-refractivity contribution in [3.63, 3.8) is 0 Å². The maximum Gasteiger partial charge on any atom is 0.335 e. The number of nitrogens with one attached hydrogen (secondary N) is 2. The smallest absolute Gasteiger partial charge is 0.335 e. The van der Waals surface area contributed by atoms with E-state index in [4.69, 9.17) is 4.74 Å². The van der Waals surface area contributed by atoms with Gasteiger partial charge < -0.3 is 4.74 Å². The average molecular weight is 413 g/mol. The molecule has 28 heavy (non-hydrogen) atoms. The number of urea groups is 1. The van der Waals surface area contributed by atoms with Crippen molar-refractivity contribution in [2.45, 2.75) is 24.7 Å². The number of methoxy groups -OCH3 is 1. The molecule has 2 aromatic rings. The summed E-state index contributed by atoms with van der Waals surface area (Å²) < 4.78 is 57.7. The molecule has 0 unspecified atom stereocenters. The van der Waals surface area contributed by atoms with Gasteiger partial charge in [0.15, 0.2) is 0 Å². The number of sulfonamides is 1. The fraction of sp³-hybridized carbons (Fsp3) is 0.250. The van der Waals surface area contributed by atoms with Gasteiger partial charge in [0.1, 0.15) is 5.82 Å². The number of aromatic nitrogens is 3. The average Bonchev–Trinajstić information content (AvgIpc) is 2.58.